The number of aliphatic hydroxyl groups is 1. The summed E-state index contributed by atoms with van der Waals surface area (Å²) in [7, 11) is 0. The molecule has 0 bridgehead atoms. The molecule has 0 radical (unpaired) electrons. The van der Waals surface area contributed by atoms with E-state index in [-0.39, 0.29) is 6.61 Å². The van der Waals surface area contributed by atoms with Gasteiger partial charge < -0.3 is 10.4 Å². The molecule has 0 unspecified atom stereocenters. The zero-order valence-electron chi connectivity index (χ0n) is 5.65. The van der Waals surface area contributed by atoms with Gasteiger partial charge in [-0.15, -0.1) is 0 Å². The molecule has 0 aromatic heterocycles. The van der Waals surface area contributed by atoms with Crippen LogP contribution in [0.4, 0.5) is 0 Å². The zero-order chi connectivity index (χ0) is 6.41. The van der Waals surface area contributed by atoms with Gasteiger partial charge in [-0.05, 0) is 19.9 Å². The summed E-state index contributed by atoms with van der Waals surface area (Å²) in [6.45, 7) is 5.41. The van der Waals surface area contributed by atoms with Crippen molar-refractivity contribution in [2.45, 2.75) is 26.3 Å². The minimum Gasteiger partial charge on any atom is -0.396 e. The Balaban J connectivity index is 2.92. The van der Waals surface area contributed by atoms with Gasteiger partial charge in [-0.3, -0.25) is 0 Å². The van der Waals surface area contributed by atoms with Crippen LogP contribution in [0.15, 0.2) is 0 Å². The first-order valence-corrected chi connectivity index (χ1v) is 3.15. The summed E-state index contributed by atoms with van der Waals surface area (Å²) in [5.74, 6) is 0. The van der Waals surface area contributed by atoms with E-state index < -0.39 is 0 Å². The van der Waals surface area contributed by atoms with Gasteiger partial charge in [0.15, 0.2) is 0 Å². The highest BCUT2D eigenvalue weighted by Crippen LogP contribution is 1.85. The third-order valence-corrected chi connectivity index (χ3v) is 1.11. The maximum absolute atomic E-state index is 8.42. The smallest absolute Gasteiger partial charge is 0.0445 e. The second-order valence-corrected chi connectivity index (χ2v) is 1.97. The van der Waals surface area contributed by atoms with Crippen molar-refractivity contribution in [3.8, 4) is 0 Å². The Hall–Kier alpha value is -0.0800. The SMILES string of the molecule is CCN[C@@H](C)CCO. The monoisotopic (exact) mass is 117 g/mol. The quantitative estimate of drug-likeness (QED) is 0.557. The van der Waals surface area contributed by atoms with Gasteiger partial charge in [-0.1, -0.05) is 6.92 Å². The molecular weight excluding hydrogens is 102 g/mol. The summed E-state index contributed by atoms with van der Waals surface area (Å²) < 4.78 is 0. The molecule has 8 heavy (non-hydrogen) atoms. The molecule has 2 heteroatoms. The molecule has 0 aromatic rings. The number of hydrogen-bond donors (Lipinski definition) is 2. The Labute approximate surface area is 50.9 Å². The molecular formula is C6H15NO. The van der Waals surface area contributed by atoms with E-state index in [9.17, 15) is 0 Å². The standard InChI is InChI=1S/C6H15NO/c1-3-7-6(2)4-5-8/h6-8H,3-5H2,1-2H3/t6-/m0/s1. The third kappa shape index (κ3) is 4.09. The molecule has 0 heterocycles. The first kappa shape index (κ1) is 7.92. The molecule has 0 saturated heterocycles. The molecule has 0 aliphatic heterocycles. The van der Waals surface area contributed by atoms with Gasteiger partial charge in [0.1, 0.15) is 0 Å². The molecule has 0 fully saturated rings. The van der Waals surface area contributed by atoms with E-state index >= 15 is 0 Å². The van der Waals surface area contributed by atoms with Crippen molar-refractivity contribution < 1.29 is 5.11 Å². The first-order valence-electron chi connectivity index (χ1n) is 3.15. The van der Waals surface area contributed by atoms with Gasteiger partial charge >= 0.3 is 0 Å². The Morgan fingerprint density at radius 1 is 1.62 bits per heavy atom. The van der Waals surface area contributed by atoms with Crippen LogP contribution >= 0.6 is 0 Å². The largest absolute Gasteiger partial charge is 0.396 e. The fraction of sp³-hybridized carbons (Fsp3) is 1.00. The van der Waals surface area contributed by atoms with Gasteiger partial charge in [-0.2, -0.15) is 0 Å². The van der Waals surface area contributed by atoms with Crippen molar-refractivity contribution in [1.29, 1.82) is 0 Å². The van der Waals surface area contributed by atoms with Crippen LogP contribution in [0.3, 0.4) is 0 Å². The van der Waals surface area contributed by atoms with Crippen molar-refractivity contribution in [3.05, 3.63) is 0 Å². The van der Waals surface area contributed by atoms with E-state index in [4.69, 9.17) is 5.11 Å². The van der Waals surface area contributed by atoms with Crippen LogP contribution in [-0.4, -0.2) is 24.3 Å². The second-order valence-electron chi connectivity index (χ2n) is 1.97. The van der Waals surface area contributed by atoms with E-state index in [1.807, 2.05) is 0 Å². The van der Waals surface area contributed by atoms with Crippen LogP contribution in [0, 0.1) is 0 Å². The predicted octanol–water partition coefficient (Wildman–Crippen LogP) is 0.367. The zero-order valence-corrected chi connectivity index (χ0v) is 5.65. The fourth-order valence-electron chi connectivity index (χ4n) is 0.644. The minimum absolute atomic E-state index is 0.286. The van der Waals surface area contributed by atoms with E-state index in [2.05, 4.69) is 19.2 Å². The molecule has 0 rings (SSSR count). The van der Waals surface area contributed by atoms with Crippen LogP contribution in [0.2, 0.25) is 0 Å². The summed E-state index contributed by atoms with van der Waals surface area (Å²) >= 11 is 0. The lowest BCUT2D eigenvalue weighted by Gasteiger charge is -2.08. The average Bonchev–Trinajstić information content (AvgIpc) is 1.68. The van der Waals surface area contributed by atoms with E-state index in [1.165, 1.54) is 0 Å². The molecule has 50 valence electrons. The topological polar surface area (TPSA) is 32.3 Å². The predicted molar refractivity (Wildman–Crippen MR) is 34.8 cm³/mol. The molecule has 0 aliphatic carbocycles. The number of nitrogens with one attached hydrogen (secondary N) is 1. The summed E-state index contributed by atoms with van der Waals surface area (Å²) in [6.07, 6.45) is 0.855. The lowest BCUT2D eigenvalue weighted by atomic mass is 10.2. The van der Waals surface area contributed by atoms with Crippen molar-refractivity contribution in [1.82, 2.24) is 5.32 Å². The summed E-state index contributed by atoms with van der Waals surface area (Å²) in [6, 6.07) is 0.463. The molecule has 1 atom stereocenters. The van der Waals surface area contributed by atoms with Crippen molar-refractivity contribution in [2.24, 2.45) is 0 Å². The van der Waals surface area contributed by atoms with Crippen LogP contribution < -0.4 is 5.32 Å². The van der Waals surface area contributed by atoms with Crippen LogP contribution in [0.25, 0.3) is 0 Å². The highest BCUT2D eigenvalue weighted by atomic mass is 16.3. The van der Waals surface area contributed by atoms with Crippen LogP contribution in [0.1, 0.15) is 20.3 Å². The Bertz CT molecular complexity index is 41.8. The Kier molecular flexibility index (Phi) is 5.01. The highest BCUT2D eigenvalue weighted by Gasteiger charge is 1.94. The summed E-state index contributed by atoms with van der Waals surface area (Å²) in [5, 5.41) is 11.6. The Morgan fingerprint density at radius 2 is 2.25 bits per heavy atom. The first-order chi connectivity index (χ1) is 3.81. The van der Waals surface area contributed by atoms with Gasteiger partial charge in [0.2, 0.25) is 0 Å². The van der Waals surface area contributed by atoms with E-state index in [0.717, 1.165) is 13.0 Å². The fourth-order valence-corrected chi connectivity index (χ4v) is 0.644. The number of rotatable bonds is 4. The number of hydrogen-bond acceptors (Lipinski definition) is 2. The lowest BCUT2D eigenvalue weighted by molar-refractivity contribution is 0.270. The summed E-state index contributed by atoms with van der Waals surface area (Å²) in [5.41, 5.74) is 0. The molecule has 0 spiro atoms. The molecule has 0 amide bonds. The maximum atomic E-state index is 8.42. The van der Waals surface area contributed by atoms with Crippen LogP contribution in [0.5, 0.6) is 0 Å². The highest BCUT2D eigenvalue weighted by molar-refractivity contribution is 4.56. The molecule has 2 N–H and O–H groups in total. The lowest BCUT2D eigenvalue weighted by Crippen LogP contribution is -2.26. The van der Waals surface area contributed by atoms with Crippen molar-refractivity contribution in [2.75, 3.05) is 13.2 Å². The van der Waals surface area contributed by atoms with Crippen molar-refractivity contribution in [3.63, 3.8) is 0 Å². The van der Waals surface area contributed by atoms with E-state index in [0.29, 0.717) is 6.04 Å². The molecule has 0 aromatic carbocycles. The van der Waals surface area contributed by atoms with E-state index in [1.54, 1.807) is 0 Å². The molecule has 0 saturated carbocycles. The van der Waals surface area contributed by atoms with Crippen molar-refractivity contribution >= 4 is 0 Å². The van der Waals surface area contributed by atoms with Gasteiger partial charge in [0, 0.05) is 12.6 Å². The summed E-state index contributed by atoms with van der Waals surface area (Å²) in [4.78, 5) is 0. The number of aliphatic hydroxyl groups excluding tert-OH is 1. The average molecular weight is 117 g/mol. The third-order valence-electron chi connectivity index (χ3n) is 1.11. The second kappa shape index (κ2) is 5.06. The van der Waals surface area contributed by atoms with Gasteiger partial charge in [0.05, 0.1) is 0 Å². The minimum atomic E-state index is 0.286. The molecule has 0 aliphatic rings. The van der Waals surface area contributed by atoms with Crippen LogP contribution in [-0.2, 0) is 0 Å². The molecule has 2 nitrogen and oxygen atoms in total. The van der Waals surface area contributed by atoms with Gasteiger partial charge in [0.25, 0.3) is 0 Å². The Morgan fingerprint density at radius 3 is 2.62 bits per heavy atom. The normalized spacial score (nSPS) is 13.9. The maximum Gasteiger partial charge on any atom is 0.0445 e. The van der Waals surface area contributed by atoms with Gasteiger partial charge in [-0.25, -0.2) is 0 Å².